The number of rotatable bonds is 2. The summed E-state index contributed by atoms with van der Waals surface area (Å²) in [5.74, 6) is 3.57. The second kappa shape index (κ2) is 12.6. The van der Waals surface area contributed by atoms with Crippen molar-refractivity contribution in [1.29, 1.82) is 0 Å². The van der Waals surface area contributed by atoms with E-state index in [4.69, 9.17) is 11.6 Å². The molecule has 0 aliphatic heterocycles. The van der Waals surface area contributed by atoms with Crippen LogP contribution in [0.15, 0.2) is 29.2 Å². The van der Waals surface area contributed by atoms with Gasteiger partial charge in [-0.3, -0.25) is 4.21 Å². The predicted octanol–water partition coefficient (Wildman–Crippen LogP) is 6.68. The molecule has 0 bridgehead atoms. The van der Waals surface area contributed by atoms with Crippen molar-refractivity contribution >= 4 is 46.7 Å². The maximum Gasteiger partial charge on any atom is 0.183 e. The van der Waals surface area contributed by atoms with Crippen LogP contribution in [0, 0.1) is 0 Å². The van der Waals surface area contributed by atoms with Crippen LogP contribution in [0.5, 0.6) is 0 Å². The molecule has 1 aliphatic carbocycles. The monoisotopic (exact) mass is 560 g/mol. The first-order valence-corrected chi connectivity index (χ1v) is 16.0. The van der Waals surface area contributed by atoms with Gasteiger partial charge in [0.2, 0.25) is 0 Å². The van der Waals surface area contributed by atoms with Crippen LogP contribution < -0.4 is 0 Å². The van der Waals surface area contributed by atoms with Crippen LogP contribution >= 0.6 is 11.6 Å². The molecule has 0 spiro atoms. The van der Waals surface area contributed by atoms with E-state index in [-0.39, 0.29) is 29.7 Å². The normalized spacial score (nSPS) is 16.2. The average Bonchev–Trinajstić information content (AvgIpc) is 3.37. The Kier molecular flexibility index (Phi) is 14.1. The van der Waals surface area contributed by atoms with E-state index in [0.29, 0.717) is 5.02 Å². The Morgan fingerprint density at radius 1 is 0.794 bits per heavy atom. The fourth-order valence-electron chi connectivity index (χ4n) is 1.87. The molecular weight excluding hydrogens is 512 g/mol. The molecule has 204 valence electrons. The molecule has 1 atom stereocenters. The van der Waals surface area contributed by atoms with Gasteiger partial charge in [0.15, 0.2) is 19.7 Å². The smallest absolute Gasteiger partial charge is 0.183 e. The van der Waals surface area contributed by atoms with Gasteiger partial charge >= 0.3 is 0 Å². The highest BCUT2D eigenvalue weighted by Gasteiger charge is 2.43. The highest BCUT2D eigenvalue weighted by Crippen LogP contribution is 2.35. The zero-order chi connectivity index (χ0) is 26.0. The lowest BCUT2D eigenvalue weighted by atomic mass is 10.3. The van der Waals surface area contributed by atoms with E-state index in [1.807, 2.05) is 20.8 Å². The SMILES string of the molecule is C.C.C=S(C)(=O)C(C)(C)C.CC(C)(C)S(=O)(=O)C1CC1.CC(C)(C)S(=O)(=O)c1cccc(Cl)c1. The summed E-state index contributed by atoms with van der Waals surface area (Å²) in [7, 11) is -7.93. The lowest BCUT2D eigenvalue weighted by Crippen LogP contribution is -2.31. The zero-order valence-corrected chi connectivity index (χ0v) is 24.4. The molecule has 34 heavy (non-hydrogen) atoms. The average molecular weight is 561 g/mol. The fraction of sp³-hybridized carbons (Fsp3) is 0.720. The molecule has 5 nitrogen and oxygen atoms in total. The summed E-state index contributed by atoms with van der Waals surface area (Å²) in [4.78, 5) is 0.275. The number of halogens is 1. The second-order valence-electron chi connectivity index (χ2n) is 11.0. The topological polar surface area (TPSA) is 85.3 Å². The maximum atomic E-state index is 11.9. The van der Waals surface area contributed by atoms with Crippen molar-refractivity contribution in [1.82, 2.24) is 0 Å². The minimum Gasteiger partial charge on any atom is -0.268 e. The first-order valence-electron chi connectivity index (χ1n) is 10.4. The van der Waals surface area contributed by atoms with E-state index in [0.717, 1.165) is 12.8 Å². The lowest BCUT2D eigenvalue weighted by molar-refractivity contribution is 0.558. The van der Waals surface area contributed by atoms with Crippen LogP contribution in [-0.4, -0.2) is 52.7 Å². The largest absolute Gasteiger partial charge is 0.268 e. The van der Waals surface area contributed by atoms with E-state index < -0.39 is 38.7 Å². The highest BCUT2D eigenvalue weighted by molar-refractivity contribution is 8.00. The van der Waals surface area contributed by atoms with Crippen LogP contribution in [-0.2, 0) is 29.2 Å². The van der Waals surface area contributed by atoms with Crippen molar-refractivity contribution in [3.8, 4) is 0 Å². The van der Waals surface area contributed by atoms with Gasteiger partial charge in [0.25, 0.3) is 0 Å². The third kappa shape index (κ3) is 11.0. The Balaban J connectivity index is -0.000000430. The van der Waals surface area contributed by atoms with Crippen LogP contribution in [0.2, 0.25) is 5.02 Å². The summed E-state index contributed by atoms with van der Waals surface area (Å²) < 4.78 is 56.3. The summed E-state index contributed by atoms with van der Waals surface area (Å²) in [5.41, 5.74) is 0. The highest BCUT2D eigenvalue weighted by atomic mass is 35.5. The number of hydrogen-bond acceptors (Lipinski definition) is 5. The Hall–Kier alpha value is -0.570. The molecule has 1 aromatic rings. The molecular formula is C25H49ClO5S3. The molecule has 1 fully saturated rings. The summed E-state index contributed by atoms with van der Waals surface area (Å²) in [6, 6.07) is 6.33. The summed E-state index contributed by atoms with van der Waals surface area (Å²) in [5, 5.41) is 0.419. The molecule has 0 saturated heterocycles. The Morgan fingerprint density at radius 2 is 1.18 bits per heavy atom. The van der Waals surface area contributed by atoms with Crippen molar-refractivity contribution < 1.29 is 21.0 Å². The summed E-state index contributed by atoms with van der Waals surface area (Å²) >= 11 is 5.74. The van der Waals surface area contributed by atoms with Crippen LogP contribution in [0.4, 0.5) is 0 Å². The molecule has 0 amide bonds. The van der Waals surface area contributed by atoms with Crippen LogP contribution in [0.1, 0.15) is 90.0 Å². The number of sulfone groups is 2. The van der Waals surface area contributed by atoms with Crippen LogP contribution in [0.3, 0.4) is 0 Å². The van der Waals surface area contributed by atoms with Gasteiger partial charge in [0, 0.05) is 16.0 Å². The third-order valence-electron chi connectivity index (χ3n) is 5.02. The molecule has 1 aromatic carbocycles. The quantitative estimate of drug-likeness (QED) is 0.377. The first kappa shape index (κ1) is 38.0. The van der Waals surface area contributed by atoms with Gasteiger partial charge in [-0.1, -0.05) is 32.5 Å². The molecule has 1 saturated carbocycles. The number of hydrogen-bond donors (Lipinski definition) is 0. The summed E-state index contributed by atoms with van der Waals surface area (Å²) in [6.07, 6.45) is 3.44. The van der Waals surface area contributed by atoms with Crippen molar-refractivity contribution in [2.75, 3.05) is 6.26 Å². The van der Waals surface area contributed by atoms with E-state index in [2.05, 4.69) is 5.87 Å². The van der Waals surface area contributed by atoms with Gasteiger partial charge in [0.1, 0.15) is 0 Å². The first-order chi connectivity index (χ1) is 13.9. The van der Waals surface area contributed by atoms with Crippen molar-refractivity contribution in [3.05, 3.63) is 29.3 Å². The minimum absolute atomic E-state index is 0. The Labute approximate surface area is 216 Å². The molecule has 1 unspecified atom stereocenters. The van der Waals surface area contributed by atoms with Crippen molar-refractivity contribution in [3.63, 3.8) is 0 Å². The molecule has 1 aliphatic rings. The predicted molar refractivity (Wildman–Crippen MR) is 154 cm³/mol. The van der Waals surface area contributed by atoms with Gasteiger partial charge < -0.3 is 0 Å². The second-order valence-corrected chi connectivity index (χ2v) is 20.4. The summed E-state index contributed by atoms with van der Waals surface area (Å²) in [6.45, 7) is 16.1. The molecule has 0 heterocycles. The molecule has 0 radical (unpaired) electrons. The van der Waals surface area contributed by atoms with Gasteiger partial charge in [-0.15, -0.1) is 0 Å². The Morgan fingerprint density at radius 3 is 1.38 bits per heavy atom. The van der Waals surface area contributed by atoms with Gasteiger partial charge in [-0.2, -0.15) is 0 Å². The molecule has 2 rings (SSSR count). The number of benzene rings is 1. The fourth-order valence-corrected chi connectivity index (χ4v) is 5.12. The standard InChI is InChI=1S/C10H13ClO2S.C7H14O2S.C6H14OS.2CH4/c1-10(2,3)14(12,13)9-6-4-5-8(11)7-9;1-7(2,3)10(8,9)6-4-5-6;1-6(2,3)8(4,5)7;;/h4-7H,1-3H3;6H,4-5H2,1-3H3;4H2,1-3,5H3;2*1H4. The van der Waals surface area contributed by atoms with E-state index in [9.17, 15) is 21.0 Å². The van der Waals surface area contributed by atoms with Crippen molar-refractivity contribution in [2.24, 2.45) is 0 Å². The van der Waals surface area contributed by atoms with Crippen LogP contribution in [0.25, 0.3) is 0 Å². The van der Waals surface area contributed by atoms with Crippen molar-refractivity contribution in [2.45, 2.75) is 114 Å². The lowest BCUT2D eigenvalue weighted by Gasteiger charge is -2.19. The maximum absolute atomic E-state index is 11.9. The van der Waals surface area contributed by atoms with Gasteiger partial charge in [-0.05, 0) is 109 Å². The molecule has 0 N–H and O–H groups in total. The molecule has 9 heteroatoms. The van der Waals surface area contributed by atoms with E-state index >= 15 is 0 Å². The van der Waals surface area contributed by atoms with Gasteiger partial charge in [-0.25, -0.2) is 16.8 Å². The third-order valence-corrected chi connectivity index (χ3v) is 13.4. The Bertz CT molecular complexity index is 1080. The van der Waals surface area contributed by atoms with Gasteiger partial charge in [0.05, 0.1) is 19.6 Å². The minimum atomic E-state index is -3.28. The van der Waals surface area contributed by atoms with E-state index in [1.165, 1.54) is 6.07 Å². The van der Waals surface area contributed by atoms with E-state index in [1.54, 1.807) is 66.0 Å². The molecule has 0 aromatic heterocycles. The zero-order valence-electron chi connectivity index (χ0n) is 21.2.